The fourth-order valence-electron chi connectivity index (χ4n) is 3.02. The third kappa shape index (κ3) is 3.46. The largest absolute Gasteiger partial charge is 0.380 e. The van der Waals surface area contributed by atoms with Crippen molar-refractivity contribution in [2.24, 2.45) is 5.92 Å². The molecule has 2 rings (SSSR count). The molecule has 0 spiro atoms. The molecular formula is C17H24O. The van der Waals surface area contributed by atoms with Crippen molar-refractivity contribution in [3.05, 3.63) is 48.0 Å². The molecule has 0 radical (unpaired) electrons. The summed E-state index contributed by atoms with van der Waals surface area (Å²) in [6.07, 6.45) is 8.65. The first-order valence-electron chi connectivity index (χ1n) is 7.02. The summed E-state index contributed by atoms with van der Waals surface area (Å²) in [5.41, 5.74) is 2.77. The fraction of sp³-hybridized carbons (Fsp3) is 0.529. The van der Waals surface area contributed by atoms with Gasteiger partial charge in [-0.15, -0.1) is 6.58 Å². The monoisotopic (exact) mass is 244 g/mol. The van der Waals surface area contributed by atoms with Crippen molar-refractivity contribution in [1.82, 2.24) is 0 Å². The molecule has 0 aliphatic heterocycles. The number of ether oxygens (including phenoxy) is 1. The Bertz CT molecular complexity index is 358. The maximum atomic E-state index is 5.14. The summed E-state index contributed by atoms with van der Waals surface area (Å²) in [5, 5.41) is 0. The van der Waals surface area contributed by atoms with E-state index >= 15 is 0 Å². The van der Waals surface area contributed by atoms with Crippen LogP contribution in [0.15, 0.2) is 36.9 Å². The summed E-state index contributed by atoms with van der Waals surface area (Å²) < 4.78 is 5.14. The molecule has 0 heterocycles. The Hall–Kier alpha value is -1.08. The van der Waals surface area contributed by atoms with E-state index in [0.717, 1.165) is 11.8 Å². The van der Waals surface area contributed by atoms with Crippen molar-refractivity contribution in [3.8, 4) is 0 Å². The molecule has 0 atom stereocenters. The van der Waals surface area contributed by atoms with Gasteiger partial charge in [-0.2, -0.15) is 0 Å². The standard InChI is InChI=1S/C17H24O/c1-3-4-14-5-9-16(10-6-14)17-11-7-15(8-12-17)13-18-2/h3,7-8,11-12,14,16H,1,4-6,9-10,13H2,2H3. The third-order valence-electron chi connectivity index (χ3n) is 4.11. The second kappa shape index (κ2) is 6.75. The number of hydrogen-bond donors (Lipinski definition) is 0. The number of allylic oxidation sites excluding steroid dienone is 1. The van der Waals surface area contributed by atoms with Crippen LogP contribution in [-0.2, 0) is 11.3 Å². The van der Waals surface area contributed by atoms with Crippen molar-refractivity contribution in [2.45, 2.75) is 44.6 Å². The first kappa shape index (κ1) is 13.4. The van der Waals surface area contributed by atoms with Gasteiger partial charge in [0, 0.05) is 7.11 Å². The summed E-state index contributed by atoms with van der Waals surface area (Å²) in [5.74, 6) is 1.65. The highest BCUT2D eigenvalue weighted by Crippen LogP contribution is 2.37. The van der Waals surface area contributed by atoms with Crippen LogP contribution in [0, 0.1) is 5.92 Å². The number of methoxy groups -OCH3 is 1. The first-order chi connectivity index (χ1) is 8.83. The molecule has 18 heavy (non-hydrogen) atoms. The molecule has 1 heteroatoms. The zero-order valence-corrected chi connectivity index (χ0v) is 11.4. The average Bonchev–Trinajstić information content (AvgIpc) is 2.41. The van der Waals surface area contributed by atoms with E-state index in [1.807, 2.05) is 0 Å². The van der Waals surface area contributed by atoms with E-state index < -0.39 is 0 Å². The fourth-order valence-corrected chi connectivity index (χ4v) is 3.02. The molecule has 0 amide bonds. The predicted molar refractivity (Wildman–Crippen MR) is 76.7 cm³/mol. The van der Waals surface area contributed by atoms with Gasteiger partial charge in [0.05, 0.1) is 6.61 Å². The zero-order chi connectivity index (χ0) is 12.8. The lowest BCUT2D eigenvalue weighted by Gasteiger charge is -2.28. The Balaban J connectivity index is 1.90. The second-order valence-electron chi connectivity index (χ2n) is 5.42. The Morgan fingerprint density at radius 2 is 1.83 bits per heavy atom. The van der Waals surface area contributed by atoms with Gasteiger partial charge >= 0.3 is 0 Å². The van der Waals surface area contributed by atoms with E-state index in [1.165, 1.54) is 43.2 Å². The topological polar surface area (TPSA) is 9.23 Å². The molecule has 0 N–H and O–H groups in total. The highest BCUT2D eigenvalue weighted by Gasteiger charge is 2.21. The Labute approximate surface area is 111 Å². The molecular weight excluding hydrogens is 220 g/mol. The van der Waals surface area contributed by atoms with Crippen molar-refractivity contribution < 1.29 is 4.74 Å². The van der Waals surface area contributed by atoms with Gasteiger partial charge in [0.2, 0.25) is 0 Å². The quantitative estimate of drug-likeness (QED) is 0.683. The van der Waals surface area contributed by atoms with Crippen LogP contribution in [0.4, 0.5) is 0 Å². The van der Waals surface area contributed by atoms with Gasteiger partial charge in [-0.05, 0) is 55.1 Å². The van der Waals surface area contributed by atoms with Gasteiger partial charge in [0.25, 0.3) is 0 Å². The summed E-state index contributed by atoms with van der Waals surface area (Å²) in [6.45, 7) is 4.56. The van der Waals surface area contributed by atoms with Gasteiger partial charge in [-0.25, -0.2) is 0 Å². The smallest absolute Gasteiger partial charge is 0.0713 e. The first-order valence-corrected chi connectivity index (χ1v) is 7.02. The maximum absolute atomic E-state index is 5.14. The van der Waals surface area contributed by atoms with Crippen LogP contribution < -0.4 is 0 Å². The minimum atomic E-state index is 0.715. The third-order valence-corrected chi connectivity index (χ3v) is 4.11. The molecule has 1 aliphatic carbocycles. The van der Waals surface area contributed by atoms with E-state index in [-0.39, 0.29) is 0 Å². The Morgan fingerprint density at radius 1 is 1.17 bits per heavy atom. The lowest BCUT2D eigenvalue weighted by atomic mass is 9.77. The van der Waals surface area contributed by atoms with Crippen molar-refractivity contribution in [3.63, 3.8) is 0 Å². The molecule has 1 aromatic carbocycles. The molecule has 1 aliphatic rings. The Morgan fingerprint density at radius 3 is 2.39 bits per heavy atom. The van der Waals surface area contributed by atoms with Crippen LogP contribution in [0.5, 0.6) is 0 Å². The van der Waals surface area contributed by atoms with Crippen LogP contribution in [0.3, 0.4) is 0 Å². The number of rotatable bonds is 5. The Kier molecular flexibility index (Phi) is 5.00. The predicted octanol–water partition coefficient (Wildman–Crippen LogP) is 4.68. The van der Waals surface area contributed by atoms with E-state index in [2.05, 4.69) is 36.9 Å². The molecule has 1 saturated carbocycles. The van der Waals surface area contributed by atoms with Crippen molar-refractivity contribution >= 4 is 0 Å². The number of benzene rings is 1. The van der Waals surface area contributed by atoms with Gasteiger partial charge < -0.3 is 4.74 Å². The van der Waals surface area contributed by atoms with Gasteiger partial charge in [0.1, 0.15) is 0 Å². The van der Waals surface area contributed by atoms with Gasteiger partial charge in [-0.1, -0.05) is 30.3 Å². The second-order valence-corrected chi connectivity index (χ2v) is 5.42. The zero-order valence-electron chi connectivity index (χ0n) is 11.4. The summed E-state index contributed by atoms with van der Waals surface area (Å²) in [6, 6.07) is 8.98. The average molecular weight is 244 g/mol. The number of hydrogen-bond acceptors (Lipinski definition) is 1. The van der Waals surface area contributed by atoms with Crippen molar-refractivity contribution in [1.29, 1.82) is 0 Å². The molecule has 98 valence electrons. The lowest BCUT2D eigenvalue weighted by molar-refractivity contribution is 0.185. The molecule has 0 saturated heterocycles. The van der Waals surface area contributed by atoms with E-state index in [0.29, 0.717) is 6.61 Å². The molecule has 0 bridgehead atoms. The van der Waals surface area contributed by atoms with Crippen molar-refractivity contribution in [2.75, 3.05) is 7.11 Å². The van der Waals surface area contributed by atoms with Crippen LogP contribution in [0.25, 0.3) is 0 Å². The molecule has 0 aromatic heterocycles. The minimum absolute atomic E-state index is 0.715. The van der Waals surface area contributed by atoms with Crippen LogP contribution in [-0.4, -0.2) is 7.11 Å². The lowest BCUT2D eigenvalue weighted by Crippen LogP contribution is -2.12. The van der Waals surface area contributed by atoms with E-state index in [9.17, 15) is 0 Å². The SMILES string of the molecule is C=CCC1CCC(c2ccc(COC)cc2)CC1. The highest BCUT2D eigenvalue weighted by atomic mass is 16.5. The molecule has 1 nitrogen and oxygen atoms in total. The highest BCUT2D eigenvalue weighted by molar-refractivity contribution is 5.25. The molecule has 1 aromatic rings. The van der Waals surface area contributed by atoms with E-state index in [4.69, 9.17) is 4.74 Å². The normalized spacial score (nSPS) is 23.8. The molecule has 0 unspecified atom stereocenters. The maximum Gasteiger partial charge on any atom is 0.0713 e. The summed E-state index contributed by atoms with van der Waals surface area (Å²) in [4.78, 5) is 0. The van der Waals surface area contributed by atoms with Gasteiger partial charge in [-0.3, -0.25) is 0 Å². The molecule has 1 fully saturated rings. The van der Waals surface area contributed by atoms with Crippen LogP contribution >= 0.6 is 0 Å². The minimum Gasteiger partial charge on any atom is -0.380 e. The van der Waals surface area contributed by atoms with Crippen LogP contribution in [0.2, 0.25) is 0 Å². The van der Waals surface area contributed by atoms with Crippen LogP contribution in [0.1, 0.15) is 49.1 Å². The van der Waals surface area contributed by atoms with Gasteiger partial charge in [0.15, 0.2) is 0 Å². The summed E-state index contributed by atoms with van der Waals surface area (Å²) >= 11 is 0. The van der Waals surface area contributed by atoms with E-state index in [1.54, 1.807) is 7.11 Å². The summed E-state index contributed by atoms with van der Waals surface area (Å²) in [7, 11) is 1.74.